The molecule has 1 aliphatic rings. The van der Waals surface area contributed by atoms with Crippen LogP contribution in [0.5, 0.6) is 17.2 Å². The fourth-order valence-corrected chi connectivity index (χ4v) is 3.01. The highest BCUT2D eigenvalue weighted by molar-refractivity contribution is 7.80. The van der Waals surface area contributed by atoms with E-state index in [1.54, 1.807) is 12.1 Å². The number of fused-ring (bicyclic) bond motifs is 1. The number of ether oxygens (including phenoxy) is 3. The molecule has 0 unspecified atom stereocenters. The smallest absolute Gasteiger partial charge is 0.231 e. The number of hydrogen-bond donors (Lipinski definition) is 1. The van der Waals surface area contributed by atoms with Gasteiger partial charge in [-0.1, -0.05) is 42.5 Å². The molecule has 28 heavy (non-hydrogen) atoms. The first-order valence-corrected chi connectivity index (χ1v) is 9.22. The van der Waals surface area contributed by atoms with Crippen molar-refractivity contribution >= 4 is 17.2 Å². The van der Waals surface area contributed by atoms with E-state index in [1.807, 2.05) is 42.5 Å². The van der Waals surface area contributed by atoms with E-state index >= 15 is 0 Å². The van der Waals surface area contributed by atoms with Crippen LogP contribution in [-0.2, 0) is 13.2 Å². The van der Waals surface area contributed by atoms with Gasteiger partial charge >= 0.3 is 0 Å². The number of hydrogen-bond acceptors (Lipinski definition) is 4. The summed E-state index contributed by atoms with van der Waals surface area (Å²) in [6.07, 6.45) is 0. The van der Waals surface area contributed by atoms with Crippen LogP contribution in [-0.4, -0.2) is 11.8 Å². The van der Waals surface area contributed by atoms with Crippen LogP contribution in [0.3, 0.4) is 0 Å². The molecule has 0 fully saturated rings. The Balaban J connectivity index is 1.35. The van der Waals surface area contributed by atoms with E-state index in [2.05, 4.69) is 5.32 Å². The van der Waals surface area contributed by atoms with Gasteiger partial charge in [0.25, 0.3) is 0 Å². The van der Waals surface area contributed by atoms with Gasteiger partial charge in [-0.2, -0.15) is 0 Å². The monoisotopic (exact) mass is 395 g/mol. The van der Waals surface area contributed by atoms with Gasteiger partial charge in [-0.15, -0.1) is 0 Å². The third-order valence-electron chi connectivity index (χ3n) is 4.31. The van der Waals surface area contributed by atoms with Crippen molar-refractivity contribution in [2.24, 2.45) is 0 Å². The zero-order valence-electron chi connectivity index (χ0n) is 15.0. The third-order valence-corrected chi connectivity index (χ3v) is 4.69. The average molecular weight is 395 g/mol. The summed E-state index contributed by atoms with van der Waals surface area (Å²) in [6, 6.07) is 19.6. The van der Waals surface area contributed by atoms with Crippen molar-refractivity contribution in [2.45, 2.75) is 13.2 Å². The van der Waals surface area contributed by atoms with Crippen molar-refractivity contribution < 1.29 is 18.6 Å². The standard InChI is InChI=1S/C22H18FNO3S/c23-18-7-4-15(5-8-18)13-25-19-3-1-2-17(11-19)22(28)24-12-16-6-9-20-21(10-16)27-14-26-20/h1-11H,12-14H2,(H,24,28). The largest absolute Gasteiger partial charge is 0.489 e. The molecule has 0 saturated carbocycles. The van der Waals surface area contributed by atoms with Crippen molar-refractivity contribution in [3.63, 3.8) is 0 Å². The van der Waals surface area contributed by atoms with E-state index in [-0.39, 0.29) is 12.6 Å². The normalized spacial score (nSPS) is 11.9. The van der Waals surface area contributed by atoms with Gasteiger partial charge in [0.15, 0.2) is 11.5 Å². The second-order valence-electron chi connectivity index (χ2n) is 6.31. The number of thiocarbonyl (C=S) groups is 1. The molecular weight excluding hydrogens is 377 g/mol. The summed E-state index contributed by atoms with van der Waals surface area (Å²) in [7, 11) is 0. The summed E-state index contributed by atoms with van der Waals surface area (Å²) in [5.74, 6) is 1.96. The SMILES string of the molecule is Fc1ccc(COc2cccc(C(=S)NCc3ccc4c(c3)OCO4)c2)cc1. The molecule has 6 heteroatoms. The average Bonchev–Trinajstić information content (AvgIpc) is 3.20. The van der Waals surface area contributed by atoms with Crippen molar-refractivity contribution in [1.29, 1.82) is 0 Å². The van der Waals surface area contributed by atoms with Crippen LogP contribution >= 0.6 is 12.2 Å². The minimum atomic E-state index is -0.260. The van der Waals surface area contributed by atoms with Crippen LogP contribution in [0.2, 0.25) is 0 Å². The van der Waals surface area contributed by atoms with Crippen LogP contribution in [0.25, 0.3) is 0 Å². The molecule has 1 N–H and O–H groups in total. The molecule has 4 nitrogen and oxygen atoms in total. The van der Waals surface area contributed by atoms with Gasteiger partial charge < -0.3 is 19.5 Å². The molecule has 0 aliphatic carbocycles. The predicted octanol–water partition coefficient (Wildman–Crippen LogP) is 4.60. The Labute approximate surface area is 167 Å². The van der Waals surface area contributed by atoms with E-state index in [4.69, 9.17) is 26.4 Å². The lowest BCUT2D eigenvalue weighted by molar-refractivity contribution is 0.174. The minimum Gasteiger partial charge on any atom is -0.489 e. The molecule has 3 aromatic carbocycles. The van der Waals surface area contributed by atoms with E-state index in [0.29, 0.717) is 23.9 Å². The second-order valence-corrected chi connectivity index (χ2v) is 6.72. The summed E-state index contributed by atoms with van der Waals surface area (Å²) in [5.41, 5.74) is 2.82. The van der Waals surface area contributed by atoms with Gasteiger partial charge in [-0.25, -0.2) is 4.39 Å². The first kappa shape index (κ1) is 18.3. The van der Waals surface area contributed by atoms with Crippen molar-refractivity contribution in [2.75, 3.05) is 6.79 Å². The Morgan fingerprint density at radius 1 is 0.964 bits per heavy atom. The maximum Gasteiger partial charge on any atom is 0.231 e. The van der Waals surface area contributed by atoms with Crippen molar-refractivity contribution in [3.8, 4) is 17.2 Å². The first-order valence-electron chi connectivity index (χ1n) is 8.81. The van der Waals surface area contributed by atoms with Crippen molar-refractivity contribution in [1.82, 2.24) is 5.32 Å². The summed E-state index contributed by atoms with van der Waals surface area (Å²) in [6.45, 7) is 1.20. The first-order chi connectivity index (χ1) is 13.7. The van der Waals surface area contributed by atoms with Gasteiger partial charge in [0.2, 0.25) is 6.79 Å². The summed E-state index contributed by atoms with van der Waals surface area (Å²) in [5, 5.41) is 3.25. The molecule has 0 radical (unpaired) electrons. The number of nitrogens with one attached hydrogen (secondary N) is 1. The molecule has 3 aromatic rings. The Kier molecular flexibility index (Phi) is 5.39. The maximum absolute atomic E-state index is 13.0. The van der Waals surface area contributed by atoms with E-state index in [0.717, 1.165) is 28.2 Å². The number of halogens is 1. The molecule has 0 saturated heterocycles. The topological polar surface area (TPSA) is 39.7 Å². The zero-order chi connectivity index (χ0) is 19.3. The van der Waals surface area contributed by atoms with Gasteiger partial charge in [0.05, 0.1) is 0 Å². The quantitative estimate of drug-likeness (QED) is 0.618. The fraction of sp³-hybridized carbons (Fsp3) is 0.136. The van der Waals surface area contributed by atoms with Gasteiger partial charge in [-0.05, 0) is 47.5 Å². The minimum absolute atomic E-state index is 0.259. The number of rotatable bonds is 6. The molecule has 1 aliphatic heterocycles. The highest BCUT2D eigenvalue weighted by Crippen LogP contribution is 2.32. The zero-order valence-corrected chi connectivity index (χ0v) is 15.8. The summed E-state index contributed by atoms with van der Waals surface area (Å²) >= 11 is 5.51. The highest BCUT2D eigenvalue weighted by atomic mass is 32.1. The molecule has 4 rings (SSSR count). The van der Waals surface area contributed by atoms with Crippen LogP contribution in [0, 0.1) is 5.82 Å². The van der Waals surface area contributed by atoms with E-state index in [9.17, 15) is 4.39 Å². The van der Waals surface area contributed by atoms with Gasteiger partial charge in [-0.3, -0.25) is 0 Å². The molecule has 0 atom stereocenters. The second kappa shape index (κ2) is 8.27. The molecule has 0 bridgehead atoms. The lowest BCUT2D eigenvalue weighted by Gasteiger charge is -2.11. The lowest BCUT2D eigenvalue weighted by atomic mass is 10.1. The van der Waals surface area contributed by atoms with Crippen LogP contribution in [0.1, 0.15) is 16.7 Å². The van der Waals surface area contributed by atoms with Crippen molar-refractivity contribution in [3.05, 3.63) is 89.2 Å². The number of benzene rings is 3. The Morgan fingerprint density at radius 3 is 2.61 bits per heavy atom. The molecular formula is C22H18FNO3S. The molecule has 1 heterocycles. The van der Waals surface area contributed by atoms with Gasteiger partial charge in [0, 0.05) is 12.1 Å². The third kappa shape index (κ3) is 4.40. The fourth-order valence-electron chi connectivity index (χ4n) is 2.81. The molecule has 0 spiro atoms. The van der Waals surface area contributed by atoms with Crippen LogP contribution in [0.4, 0.5) is 4.39 Å². The molecule has 0 amide bonds. The summed E-state index contributed by atoms with van der Waals surface area (Å²) < 4.78 is 29.5. The van der Waals surface area contributed by atoms with E-state index < -0.39 is 0 Å². The van der Waals surface area contributed by atoms with Crippen LogP contribution < -0.4 is 19.5 Å². The Bertz CT molecular complexity index is 991. The molecule has 0 aromatic heterocycles. The predicted molar refractivity (Wildman–Crippen MR) is 108 cm³/mol. The van der Waals surface area contributed by atoms with E-state index in [1.165, 1.54) is 12.1 Å². The maximum atomic E-state index is 13.0. The molecule has 142 valence electrons. The summed E-state index contributed by atoms with van der Waals surface area (Å²) in [4.78, 5) is 0.630. The van der Waals surface area contributed by atoms with Crippen LogP contribution in [0.15, 0.2) is 66.7 Å². The lowest BCUT2D eigenvalue weighted by Crippen LogP contribution is -2.21. The Hall–Kier alpha value is -3.12. The highest BCUT2D eigenvalue weighted by Gasteiger charge is 2.13. The van der Waals surface area contributed by atoms with Gasteiger partial charge in [0.1, 0.15) is 23.2 Å². The Morgan fingerprint density at radius 2 is 1.75 bits per heavy atom.